The van der Waals surface area contributed by atoms with Crippen LogP contribution in [0.2, 0.25) is 0 Å². The van der Waals surface area contributed by atoms with Crippen molar-refractivity contribution in [1.29, 1.82) is 0 Å². The quantitative estimate of drug-likeness (QED) is 0.684. The lowest BCUT2D eigenvalue weighted by Crippen LogP contribution is -2.12. The standard InChI is InChI=1S/C13H8BrFN2O3/c14-9-3-1-2-8(6-9)13(18)16-10-4-5-12(17(19)20)11(15)7-10/h1-7H,(H,16,18). The summed E-state index contributed by atoms with van der Waals surface area (Å²) in [6.07, 6.45) is 0. The molecule has 5 nitrogen and oxygen atoms in total. The average molecular weight is 339 g/mol. The van der Waals surface area contributed by atoms with Gasteiger partial charge in [-0.15, -0.1) is 0 Å². The number of carbonyl (C=O) groups is 1. The van der Waals surface area contributed by atoms with Gasteiger partial charge in [-0.3, -0.25) is 14.9 Å². The van der Waals surface area contributed by atoms with E-state index in [-0.39, 0.29) is 5.69 Å². The summed E-state index contributed by atoms with van der Waals surface area (Å²) in [7, 11) is 0. The van der Waals surface area contributed by atoms with Gasteiger partial charge in [-0.25, -0.2) is 0 Å². The topological polar surface area (TPSA) is 72.2 Å². The van der Waals surface area contributed by atoms with E-state index in [0.717, 1.165) is 16.6 Å². The van der Waals surface area contributed by atoms with Gasteiger partial charge in [0.05, 0.1) is 4.92 Å². The first-order valence-corrected chi connectivity index (χ1v) is 6.27. The van der Waals surface area contributed by atoms with Crippen molar-refractivity contribution in [2.75, 3.05) is 5.32 Å². The lowest BCUT2D eigenvalue weighted by atomic mass is 10.2. The second-order valence-corrected chi connectivity index (χ2v) is 4.80. The van der Waals surface area contributed by atoms with Crippen LogP contribution < -0.4 is 5.32 Å². The predicted molar refractivity (Wildman–Crippen MR) is 75.1 cm³/mol. The van der Waals surface area contributed by atoms with E-state index < -0.39 is 22.3 Å². The molecule has 20 heavy (non-hydrogen) atoms. The zero-order chi connectivity index (χ0) is 14.7. The number of nitro benzene ring substituents is 1. The number of nitrogens with one attached hydrogen (secondary N) is 1. The highest BCUT2D eigenvalue weighted by Gasteiger charge is 2.15. The first-order valence-electron chi connectivity index (χ1n) is 5.48. The van der Waals surface area contributed by atoms with Gasteiger partial charge in [0.15, 0.2) is 0 Å². The molecule has 102 valence electrons. The third kappa shape index (κ3) is 3.18. The molecule has 1 N–H and O–H groups in total. The lowest BCUT2D eigenvalue weighted by Gasteiger charge is -2.05. The Hall–Kier alpha value is -2.28. The van der Waals surface area contributed by atoms with Gasteiger partial charge >= 0.3 is 5.69 Å². The third-order valence-electron chi connectivity index (χ3n) is 2.49. The molecule has 0 saturated heterocycles. The maximum Gasteiger partial charge on any atom is 0.304 e. The Morgan fingerprint density at radius 1 is 1.25 bits per heavy atom. The molecule has 0 aliphatic carbocycles. The molecular formula is C13H8BrFN2O3. The van der Waals surface area contributed by atoms with Gasteiger partial charge in [0.2, 0.25) is 5.82 Å². The third-order valence-corrected chi connectivity index (χ3v) is 2.98. The largest absolute Gasteiger partial charge is 0.322 e. The van der Waals surface area contributed by atoms with Crippen molar-refractivity contribution in [2.45, 2.75) is 0 Å². The molecule has 0 unspecified atom stereocenters. The minimum Gasteiger partial charge on any atom is -0.322 e. The van der Waals surface area contributed by atoms with Crippen molar-refractivity contribution in [1.82, 2.24) is 0 Å². The summed E-state index contributed by atoms with van der Waals surface area (Å²) in [5.41, 5.74) is -0.0957. The Kier molecular flexibility index (Phi) is 4.09. The predicted octanol–water partition coefficient (Wildman–Crippen LogP) is 3.75. The van der Waals surface area contributed by atoms with Crippen molar-refractivity contribution in [3.63, 3.8) is 0 Å². The molecule has 7 heteroatoms. The number of benzene rings is 2. The number of amides is 1. The van der Waals surface area contributed by atoms with E-state index in [1.165, 1.54) is 6.07 Å². The zero-order valence-corrected chi connectivity index (χ0v) is 11.6. The maximum absolute atomic E-state index is 13.4. The Morgan fingerprint density at radius 2 is 2.00 bits per heavy atom. The summed E-state index contributed by atoms with van der Waals surface area (Å²) in [6, 6.07) is 9.85. The van der Waals surface area contributed by atoms with Gasteiger partial charge in [0.25, 0.3) is 5.91 Å². The van der Waals surface area contributed by atoms with Gasteiger partial charge in [-0.05, 0) is 24.3 Å². The molecule has 0 bridgehead atoms. The smallest absolute Gasteiger partial charge is 0.304 e. The van der Waals surface area contributed by atoms with E-state index in [4.69, 9.17) is 0 Å². The monoisotopic (exact) mass is 338 g/mol. The van der Waals surface area contributed by atoms with E-state index in [2.05, 4.69) is 21.2 Å². The van der Waals surface area contributed by atoms with Crippen LogP contribution in [0.25, 0.3) is 0 Å². The van der Waals surface area contributed by atoms with Gasteiger partial charge < -0.3 is 5.32 Å². The van der Waals surface area contributed by atoms with Crippen LogP contribution in [0.15, 0.2) is 46.9 Å². The fourth-order valence-corrected chi connectivity index (χ4v) is 1.96. The number of carbonyl (C=O) groups excluding carboxylic acids is 1. The molecule has 0 heterocycles. The SMILES string of the molecule is O=C(Nc1ccc([N+](=O)[O-])c(F)c1)c1cccc(Br)c1. The summed E-state index contributed by atoms with van der Waals surface area (Å²) >= 11 is 3.24. The molecule has 2 aromatic rings. The summed E-state index contributed by atoms with van der Waals surface area (Å²) < 4.78 is 14.2. The second kappa shape index (κ2) is 5.79. The van der Waals surface area contributed by atoms with Crippen LogP contribution in [0.3, 0.4) is 0 Å². The molecule has 0 aromatic heterocycles. The summed E-state index contributed by atoms with van der Waals surface area (Å²) in [6.45, 7) is 0. The van der Waals surface area contributed by atoms with Crippen molar-refractivity contribution >= 4 is 33.2 Å². The Balaban J connectivity index is 2.20. The van der Waals surface area contributed by atoms with Crippen molar-refractivity contribution in [2.24, 2.45) is 0 Å². The molecule has 0 aliphatic rings. The molecule has 0 saturated carbocycles. The molecule has 2 aromatic carbocycles. The van der Waals surface area contributed by atoms with Gasteiger partial charge in [-0.2, -0.15) is 4.39 Å². The van der Waals surface area contributed by atoms with Crippen molar-refractivity contribution < 1.29 is 14.1 Å². The summed E-state index contributed by atoms with van der Waals surface area (Å²) in [5, 5.41) is 13.0. The maximum atomic E-state index is 13.4. The zero-order valence-electron chi connectivity index (χ0n) is 9.97. The molecule has 0 radical (unpaired) electrons. The fourth-order valence-electron chi connectivity index (χ4n) is 1.57. The fraction of sp³-hybridized carbons (Fsp3) is 0. The number of hydrogen-bond acceptors (Lipinski definition) is 3. The van der Waals surface area contributed by atoms with E-state index in [0.29, 0.717) is 5.56 Å². The van der Waals surface area contributed by atoms with Crippen LogP contribution in [0.4, 0.5) is 15.8 Å². The molecule has 2 rings (SSSR count). The highest BCUT2D eigenvalue weighted by atomic mass is 79.9. The highest BCUT2D eigenvalue weighted by molar-refractivity contribution is 9.10. The molecule has 0 atom stereocenters. The average Bonchev–Trinajstić information content (AvgIpc) is 2.38. The van der Waals surface area contributed by atoms with Gasteiger partial charge in [-0.1, -0.05) is 22.0 Å². The number of nitro groups is 1. The van der Waals surface area contributed by atoms with E-state index in [9.17, 15) is 19.3 Å². The number of nitrogens with zero attached hydrogens (tertiary/aromatic N) is 1. The first kappa shape index (κ1) is 14.1. The summed E-state index contributed by atoms with van der Waals surface area (Å²) in [5.74, 6) is -1.43. The number of halogens is 2. The minimum atomic E-state index is -0.998. The molecular weight excluding hydrogens is 331 g/mol. The molecule has 0 spiro atoms. The molecule has 0 aliphatic heterocycles. The van der Waals surface area contributed by atoms with Crippen molar-refractivity contribution in [3.05, 3.63) is 68.4 Å². The summed E-state index contributed by atoms with van der Waals surface area (Å²) in [4.78, 5) is 21.6. The Morgan fingerprint density at radius 3 is 2.60 bits per heavy atom. The van der Waals surface area contributed by atoms with E-state index in [1.807, 2.05) is 0 Å². The van der Waals surface area contributed by atoms with Crippen LogP contribution in [-0.2, 0) is 0 Å². The van der Waals surface area contributed by atoms with Crippen LogP contribution in [-0.4, -0.2) is 10.8 Å². The normalized spacial score (nSPS) is 10.1. The van der Waals surface area contributed by atoms with E-state index >= 15 is 0 Å². The highest BCUT2D eigenvalue weighted by Crippen LogP contribution is 2.21. The Bertz CT molecular complexity index is 691. The molecule has 0 fully saturated rings. The molecule has 1 amide bonds. The van der Waals surface area contributed by atoms with Crippen LogP contribution in [0.1, 0.15) is 10.4 Å². The minimum absolute atomic E-state index is 0.151. The van der Waals surface area contributed by atoms with Crippen LogP contribution in [0.5, 0.6) is 0 Å². The van der Waals surface area contributed by atoms with Gasteiger partial charge in [0, 0.05) is 27.9 Å². The first-order chi connectivity index (χ1) is 9.47. The second-order valence-electron chi connectivity index (χ2n) is 3.89. The number of rotatable bonds is 3. The Labute approximate surface area is 121 Å². The van der Waals surface area contributed by atoms with Crippen LogP contribution in [0, 0.1) is 15.9 Å². The van der Waals surface area contributed by atoms with Crippen molar-refractivity contribution in [3.8, 4) is 0 Å². The van der Waals surface area contributed by atoms with Crippen LogP contribution >= 0.6 is 15.9 Å². The van der Waals surface area contributed by atoms with Gasteiger partial charge in [0.1, 0.15) is 0 Å². The van der Waals surface area contributed by atoms with E-state index in [1.54, 1.807) is 24.3 Å². The number of anilines is 1. The number of hydrogen-bond donors (Lipinski definition) is 1. The lowest BCUT2D eigenvalue weighted by molar-refractivity contribution is -0.387.